The fourth-order valence-electron chi connectivity index (χ4n) is 2.69. The molecule has 0 aromatic heterocycles. The number of carbonyl (C=O) groups is 1. The lowest BCUT2D eigenvalue weighted by molar-refractivity contribution is 0.102. The summed E-state index contributed by atoms with van der Waals surface area (Å²) in [6, 6.07) is 20.4. The van der Waals surface area contributed by atoms with E-state index in [2.05, 4.69) is 21.2 Å². The van der Waals surface area contributed by atoms with Crippen molar-refractivity contribution in [3.8, 4) is 0 Å². The topological polar surface area (TPSA) is 66.5 Å². The molecule has 144 valence electrons. The van der Waals surface area contributed by atoms with E-state index in [-0.39, 0.29) is 10.5 Å². The highest BCUT2D eigenvalue weighted by atomic mass is 79.9. The van der Waals surface area contributed by atoms with Crippen molar-refractivity contribution in [3.63, 3.8) is 0 Å². The molecule has 28 heavy (non-hydrogen) atoms. The maximum absolute atomic E-state index is 13.0. The third-order valence-corrected chi connectivity index (χ3v) is 6.77. The smallest absolute Gasteiger partial charge is 0.264 e. The standard InChI is InChI=1S/C21H19BrN2O3S/c1-15-11-13-16(14-12-15)28(26,27)24(2)20-10-6-3-7-17(20)21(25)23-19-9-5-4-8-18(19)22/h3-14H,1-2H3,(H,23,25). The van der Waals surface area contributed by atoms with Gasteiger partial charge in [-0.2, -0.15) is 0 Å². The number of nitrogens with zero attached hydrogens (tertiary/aromatic N) is 1. The first-order chi connectivity index (χ1) is 13.3. The molecule has 0 fully saturated rings. The maximum Gasteiger partial charge on any atom is 0.264 e. The third-order valence-electron chi connectivity index (χ3n) is 4.29. The van der Waals surface area contributed by atoms with E-state index in [4.69, 9.17) is 0 Å². The van der Waals surface area contributed by atoms with Crippen LogP contribution in [0.1, 0.15) is 15.9 Å². The lowest BCUT2D eigenvalue weighted by Gasteiger charge is -2.22. The van der Waals surface area contributed by atoms with Gasteiger partial charge in [0.2, 0.25) is 0 Å². The molecular weight excluding hydrogens is 440 g/mol. The van der Waals surface area contributed by atoms with E-state index >= 15 is 0 Å². The normalized spacial score (nSPS) is 11.1. The Kier molecular flexibility index (Phi) is 5.86. The molecule has 0 unspecified atom stereocenters. The van der Waals surface area contributed by atoms with Gasteiger partial charge in [0.15, 0.2) is 0 Å². The molecule has 3 aromatic carbocycles. The molecule has 0 radical (unpaired) electrons. The van der Waals surface area contributed by atoms with Crippen molar-refractivity contribution in [2.24, 2.45) is 0 Å². The van der Waals surface area contributed by atoms with Crippen molar-refractivity contribution >= 4 is 43.2 Å². The van der Waals surface area contributed by atoms with Crippen LogP contribution in [0.3, 0.4) is 0 Å². The molecule has 0 aliphatic heterocycles. The summed E-state index contributed by atoms with van der Waals surface area (Å²) in [5.74, 6) is -0.395. The Morgan fingerprint density at radius 3 is 2.21 bits per heavy atom. The number of rotatable bonds is 5. The summed E-state index contributed by atoms with van der Waals surface area (Å²) in [4.78, 5) is 13.0. The Bertz CT molecular complexity index is 1110. The molecule has 0 saturated carbocycles. The quantitative estimate of drug-likeness (QED) is 0.594. The van der Waals surface area contributed by atoms with Gasteiger partial charge in [-0.15, -0.1) is 0 Å². The number of sulfonamides is 1. The summed E-state index contributed by atoms with van der Waals surface area (Å²) in [5, 5.41) is 2.81. The van der Waals surface area contributed by atoms with Crippen LogP contribution < -0.4 is 9.62 Å². The molecule has 0 aliphatic rings. The van der Waals surface area contributed by atoms with Crippen LogP contribution in [0.5, 0.6) is 0 Å². The molecule has 0 heterocycles. The van der Waals surface area contributed by atoms with Crippen molar-refractivity contribution in [1.29, 1.82) is 0 Å². The third kappa shape index (κ3) is 4.10. The number of anilines is 2. The lowest BCUT2D eigenvalue weighted by Crippen LogP contribution is -2.29. The molecule has 3 aromatic rings. The average molecular weight is 459 g/mol. The number of para-hydroxylation sites is 2. The lowest BCUT2D eigenvalue weighted by atomic mass is 10.1. The van der Waals surface area contributed by atoms with Gasteiger partial charge in [-0.05, 0) is 59.3 Å². The molecule has 5 nitrogen and oxygen atoms in total. The predicted molar refractivity (Wildman–Crippen MR) is 115 cm³/mol. The van der Waals surface area contributed by atoms with Gasteiger partial charge in [-0.25, -0.2) is 8.42 Å². The van der Waals surface area contributed by atoms with E-state index in [0.29, 0.717) is 11.4 Å². The number of hydrogen-bond donors (Lipinski definition) is 1. The molecule has 7 heteroatoms. The number of nitrogens with one attached hydrogen (secondary N) is 1. The van der Waals surface area contributed by atoms with Crippen LogP contribution in [0.2, 0.25) is 0 Å². The fraction of sp³-hybridized carbons (Fsp3) is 0.0952. The van der Waals surface area contributed by atoms with Gasteiger partial charge in [0.1, 0.15) is 0 Å². The van der Waals surface area contributed by atoms with E-state index in [0.717, 1.165) is 14.3 Å². The summed E-state index contributed by atoms with van der Waals surface area (Å²) in [6.07, 6.45) is 0. The number of carbonyl (C=O) groups excluding carboxylic acids is 1. The second-order valence-electron chi connectivity index (χ2n) is 6.24. The highest BCUT2D eigenvalue weighted by Crippen LogP contribution is 2.28. The second kappa shape index (κ2) is 8.16. The monoisotopic (exact) mass is 458 g/mol. The number of benzene rings is 3. The van der Waals surface area contributed by atoms with E-state index in [1.165, 1.54) is 7.05 Å². The Labute approximate surface area is 173 Å². The van der Waals surface area contributed by atoms with Gasteiger partial charge in [0.25, 0.3) is 15.9 Å². The number of hydrogen-bond acceptors (Lipinski definition) is 3. The van der Waals surface area contributed by atoms with Gasteiger partial charge in [-0.1, -0.05) is 42.0 Å². The number of halogens is 1. The SMILES string of the molecule is Cc1ccc(S(=O)(=O)N(C)c2ccccc2C(=O)Nc2ccccc2Br)cc1. The van der Waals surface area contributed by atoms with Gasteiger partial charge in [-0.3, -0.25) is 9.10 Å². The summed E-state index contributed by atoms with van der Waals surface area (Å²) >= 11 is 3.39. The molecule has 3 rings (SSSR count). The van der Waals surface area contributed by atoms with Crippen molar-refractivity contribution in [2.45, 2.75) is 11.8 Å². The second-order valence-corrected chi connectivity index (χ2v) is 9.06. The van der Waals surface area contributed by atoms with Crippen molar-refractivity contribution in [2.75, 3.05) is 16.7 Å². The van der Waals surface area contributed by atoms with E-state index in [1.54, 1.807) is 60.7 Å². The van der Waals surface area contributed by atoms with Gasteiger partial charge in [0, 0.05) is 11.5 Å². The number of amides is 1. The summed E-state index contributed by atoms with van der Waals surface area (Å²) < 4.78 is 27.9. The summed E-state index contributed by atoms with van der Waals surface area (Å²) in [5.41, 5.74) is 2.13. The van der Waals surface area contributed by atoms with Crippen LogP contribution >= 0.6 is 15.9 Å². The molecule has 0 spiro atoms. The minimum Gasteiger partial charge on any atom is -0.321 e. The van der Waals surface area contributed by atoms with Gasteiger partial charge < -0.3 is 5.32 Å². The molecule has 0 bridgehead atoms. The molecule has 0 saturated heterocycles. The predicted octanol–water partition coefficient (Wildman–Crippen LogP) is 4.83. The Balaban J connectivity index is 1.96. The summed E-state index contributed by atoms with van der Waals surface area (Å²) in [6.45, 7) is 1.89. The molecule has 0 aliphatic carbocycles. The first kappa shape index (κ1) is 20.1. The minimum atomic E-state index is -3.80. The van der Waals surface area contributed by atoms with E-state index < -0.39 is 15.9 Å². The maximum atomic E-state index is 13.0. The van der Waals surface area contributed by atoms with Crippen molar-refractivity contribution in [1.82, 2.24) is 0 Å². The van der Waals surface area contributed by atoms with Crippen molar-refractivity contribution in [3.05, 3.63) is 88.4 Å². The molecule has 0 atom stereocenters. The molecule has 1 amide bonds. The Morgan fingerprint density at radius 2 is 1.54 bits per heavy atom. The molecular formula is C21H19BrN2O3S. The van der Waals surface area contributed by atoms with Crippen LogP contribution in [0, 0.1) is 6.92 Å². The zero-order valence-electron chi connectivity index (χ0n) is 15.4. The highest BCUT2D eigenvalue weighted by Gasteiger charge is 2.25. The largest absolute Gasteiger partial charge is 0.321 e. The fourth-order valence-corrected chi connectivity index (χ4v) is 4.29. The first-order valence-corrected chi connectivity index (χ1v) is 10.7. The van der Waals surface area contributed by atoms with E-state index in [1.807, 2.05) is 19.1 Å². The minimum absolute atomic E-state index is 0.168. The van der Waals surface area contributed by atoms with Crippen molar-refractivity contribution < 1.29 is 13.2 Å². The molecule has 1 N–H and O–H groups in total. The summed E-state index contributed by atoms with van der Waals surface area (Å²) in [7, 11) is -2.36. The van der Waals surface area contributed by atoms with Crippen LogP contribution in [0.4, 0.5) is 11.4 Å². The zero-order valence-corrected chi connectivity index (χ0v) is 17.8. The van der Waals surface area contributed by atoms with Crippen LogP contribution in [-0.4, -0.2) is 21.4 Å². The Hall–Kier alpha value is -2.64. The zero-order chi connectivity index (χ0) is 20.3. The van der Waals surface area contributed by atoms with Gasteiger partial charge >= 0.3 is 0 Å². The van der Waals surface area contributed by atoms with Crippen LogP contribution in [0.25, 0.3) is 0 Å². The van der Waals surface area contributed by atoms with E-state index in [9.17, 15) is 13.2 Å². The Morgan fingerprint density at radius 1 is 0.929 bits per heavy atom. The number of aryl methyl sites for hydroxylation is 1. The van der Waals surface area contributed by atoms with Crippen LogP contribution in [-0.2, 0) is 10.0 Å². The first-order valence-electron chi connectivity index (χ1n) is 8.51. The van der Waals surface area contributed by atoms with Crippen LogP contribution in [0.15, 0.2) is 82.2 Å². The average Bonchev–Trinajstić information content (AvgIpc) is 2.69. The van der Waals surface area contributed by atoms with Gasteiger partial charge in [0.05, 0.1) is 21.8 Å². The highest BCUT2D eigenvalue weighted by molar-refractivity contribution is 9.10.